The van der Waals surface area contributed by atoms with E-state index in [4.69, 9.17) is 5.11 Å². The minimum atomic E-state index is -1.30. The van der Waals surface area contributed by atoms with Gasteiger partial charge in [0.1, 0.15) is 5.82 Å². The molecule has 0 bridgehead atoms. The van der Waals surface area contributed by atoms with Crippen LogP contribution in [0.4, 0.5) is 18.9 Å². The summed E-state index contributed by atoms with van der Waals surface area (Å²) in [5.74, 6) is -4.55. The van der Waals surface area contributed by atoms with Gasteiger partial charge >= 0.3 is 5.97 Å². The first-order chi connectivity index (χ1) is 7.90. The van der Waals surface area contributed by atoms with Crippen molar-refractivity contribution in [3.63, 3.8) is 0 Å². The largest absolute Gasteiger partial charge is 0.478 e. The highest BCUT2D eigenvalue weighted by Gasteiger charge is 2.10. The minimum absolute atomic E-state index is 0.0217. The highest BCUT2D eigenvalue weighted by Crippen LogP contribution is 2.19. The summed E-state index contributed by atoms with van der Waals surface area (Å²) >= 11 is 0. The highest BCUT2D eigenvalue weighted by atomic mass is 19.2. The third-order valence-electron chi connectivity index (χ3n) is 1.92. The van der Waals surface area contributed by atoms with Gasteiger partial charge in [-0.15, -0.1) is 0 Å². The number of hydrogen-bond donors (Lipinski definition) is 2. The van der Waals surface area contributed by atoms with E-state index in [1.165, 1.54) is 6.92 Å². The Kier molecular flexibility index (Phi) is 4.14. The van der Waals surface area contributed by atoms with Gasteiger partial charge < -0.3 is 10.4 Å². The zero-order valence-electron chi connectivity index (χ0n) is 8.93. The van der Waals surface area contributed by atoms with Gasteiger partial charge in [0.2, 0.25) is 0 Å². The molecule has 92 valence electrons. The monoisotopic (exact) mass is 245 g/mol. The van der Waals surface area contributed by atoms with E-state index in [1.54, 1.807) is 0 Å². The molecule has 0 unspecified atom stereocenters. The molecule has 0 radical (unpaired) electrons. The van der Waals surface area contributed by atoms with Crippen molar-refractivity contribution < 1.29 is 23.1 Å². The van der Waals surface area contributed by atoms with Gasteiger partial charge in [0.25, 0.3) is 0 Å². The molecule has 0 saturated heterocycles. The Morgan fingerprint density at radius 1 is 1.41 bits per heavy atom. The lowest BCUT2D eigenvalue weighted by molar-refractivity contribution is -0.131. The SMILES string of the molecule is C/C(=C/C(=O)O)CNc1cc(F)cc(F)c1F. The molecule has 2 N–H and O–H groups in total. The molecule has 1 aromatic carbocycles. The average Bonchev–Trinajstić information content (AvgIpc) is 2.20. The fourth-order valence-corrected chi connectivity index (χ4v) is 1.18. The molecular weight excluding hydrogens is 235 g/mol. The zero-order chi connectivity index (χ0) is 13.0. The van der Waals surface area contributed by atoms with Gasteiger partial charge in [-0.2, -0.15) is 0 Å². The predicted molar refractivity (Wildman–Crippen MR) is 56.2 cm³/mol. The van der Waals surface area contributed by atoms with Crippen molar-refractivity contribution in [3.8, 4) is 0 Å². The molecule has 0 heterocycles. The number of nitrogens with one attached hydrogen (secondary N) is 1. The van der Waals surface area contributed by atoms with Crippen molar-refractivity contribution in [2.75, 3.05) is 11.9 Å². The maximum atomic E-state index is 13.2. The van der Waals surface area contributed by atoms with E-state index in [2.05, 4.69) is 5.32 Å². The Hall–Kier alpha value is -1.98. The van der Waals surface area contributed by atoms with Crippen LogP contribution in [0.1, 0.15) is 6.92 Å². The van der Waals surface area contributed by atoms with Gasteiger partial charge in [-0.05, 0) is 12.5 Å². The number of anilines is 1. The fraction of sp³-hybridized carbons (Fsp3) is 0.182. The molecule has 0 saturated carbocycles. The van der Waals surface area contributed by atoms with Gasteiger partial charge in [-0.25, -0.2) is 18.0 Å². The summed E-state index contributed by atoms with van der Waals surface area (Å²) in [5.41, 5.74) is 0.0437. The van der Waals surface area contributed by atoms with Crippen LogP contribution in [0.2, 0.25) is 0 Å². The van der Waals surface area contributed by atoms with Gasteiger partial charge in [0, 0.05) is 24.8 Å². The van der Waals surface area contributed by atoms with Crippen LogP contribution in [0.3, 0.4) is 0 Å². The molecule has 0 aliphatic heterocycles. The second-order valence-corrected chi connectivity index (χ2v) is 3.43. The third-order valence-corrected chi connectivity index (χ3v) is 1.92. The summed E-state index contributed by atoms with van der Waals surface area (Å²) in [6.07, 6.45) is 0.917. The summed E-state index contributed by atoms with van der Waals surface area (Å²) in [6, 6.07) is 1.23. The predicted octanol–water partition coefficient (Wildman–Crippen LogP) is 2.55. The summed E-state index contributed by atoms with van der Waals surface area (Å²) in [4.78, 5) is 10.3. The van der Waals surface area contributed by atoms with Gasteiger partial charge in [-0.1, -0.05) is 0 Å². The van der Waals surface area contributed by atoms with E-state index in [0.29, 0.717) is 11.6 Å². The third kappa shape index (κ3) is 3.82. The smallest absolute Gasteiger partial charge is 0.328 e. The Labute approximate surface area is 95.6 Å². The van der Waals surface area contributed by atoms with E-state index in [-0.39, 0.29) is 12.2 Å². The molecule has 3 nitrogen and oxygen atoms in total. The number of rotatable bonds is 4. The van der Waals surface area contributed by atoms with E-state index >= 15 is 0 Å². The van der Waals surface area contributed by atoms with Crippen molar-refractivity contribution in [2.45, 2.75) is 6.92 Å². The average molecular weight is 245 g/mol. The standard InChI is InChI=1S/C11H10F3NO2/c1-6(2-10(16)17)5-15-9-4-7(12)3-8(13)11(9)14/h2-4,15H,5H2,1H3,(H,16,17)/b6-2-. The van der Waals surface area contributed by atoms with Crippen LogP contribution in [0.15, 0.2) is 23.8 Å². The highest BCUT2D eigenvalue weighted by molar-refractivity contribution is 5.80. The number of halogens is 3. The van der Waals surface area contributed by atoms with E-state index < -0.39 is 23.4 Å². The lowest BCUT2D eigenvalue weighted by atomic mass is 10.2. The molecule has 0 amide bonds. The molecule has 17 heavy (non-hydrogen) atoms. The van der Waals surface area contributed by atoms with Crippen LogP contribution < -0.4 is 5.32 Å². The van der Waals surface area contributed by atoms with Crippen LogP contribution in [0.5, 0.6) is 0 Å². The van der Waals surface area contributed by atoms with Crippen molar-refractivity contribution in [1.29, 1.82) is 0 Å². The minimum Gasteiger partial charge on any atom is -0.478 e. The number of carbonyl (C=O) groups is 1. The molecule has 0 fully saturated rings. The molecule has 0 aromatic heterocycles. The first kappa shape index (κ1) is 13.1. The van der Waals surface area contributed by atoms with Gasteiger partial charge in [0.15, 0.2) is 11.6 Å². The van der Waals surface area contributed by atoms with Gasteiger partial charge in [0.05, 0.1) is 5.69 Å². The zero-order valence-corrected chi connectivity index (χ0v) is 8.93. The Bertz CT molecular complexity index is 472. The van der Waals surface area contributed by atoms with E-state index in [0.717, 1.165) is 12.1 Å². The van der Waals surface area contributed by atoms with Crippen LogP contribution in [-0.2, 0) is 4.79 Å². The molecule has 0 aliphatic carbocycles. The number of aliphatic carboxylic acids is 1. The number of carboxylic acids is 1. The lowest BCUT2D eigenvalue weighted by Gasteiger charge is -2.08. The Morgan fingerprint density at radius 2 is 2.06 bits per heavy atom. The summed E-state index contributed by atoms with van der Waals surface area (Å²) in [5, 5.41) is 10.8. The normalized spacial score (nSPS) is 11.4. The molecule has 0 aliphatic rings. The van der Waals surface area contributed by atoms with Gasteiger partial charge in [-0.3, -0.25) is 0 Å². The maximum Gasteiger partial charge on any atom is 0.328 e. The lowest BCUT2D eigenvalue weighted by Crippen LogP contribution is -2.07. The fourth-order valence-electron chi connectivity index (χ4n) is 1.18. The topological polar surface area (TPSA) is 49.3 Å². The summed E-state index contributed by atoms with van der Waals surface area (Å²) < 4.78 is 38.8. The Morgan fingerprint density at radius 3 is 2.65 bits per heavy atom. The number of benzene rings is 1. The second kappa shape index (κ2) is 5.38. The summed E-state index contributed by atoms with van der Waals surface area (Å²) in [6.45, 7) is 1.47. The maximum absolute atomic E-state index is 13.2. The molecule has 1 rings (SSSR count). The quantitative estimate of drug-likeness (QED) is 0.633. The van der Waals surface area contributed by atoms with E-state index in [1.807, 2.05) is 0 Å². The van der Waals surface area contributed by atoms with Crippen molar-refractivity contribution >= 4 is 11.7 Å². The first-order valence-corrected chi connectivity index (χ1v) is 4.68. The Balaban J connectivity index is 2.79. The molecule has 6 heteroatoms. The second-order valence-electron chi connectivity index (χ2n) is 3.43. The van der Waals surface area contributed by atoms with E-state index in [9.17, 15) is 18.0 Å². The first-order valence-electron chi connectivity index (χ1n) is 4.68. The molecule has 0 atom stereocenters. The van der Waals surface area contributed by atoms with Crippen LogP contribution >= 0.6 is 0 Å². The van der Waals surface area contributed by atoms with Crippen molar-refractivity contribution in [3.05, 3.63) is 41.2 Å². The van der Waals surface area contributed by atoms with Crippen LogP contribution in [-0.4, -0.2) is 17.6 Å². The van der Waals surface area contributed by atoms with Crippen LogP contribution in [0.25, 0.3) is 0 Å². The molecule has 1 aromatic rings. The summed E-state index contributed by atoms with van der Waals surface area (Å²) in [7, 11) is 0. The van der Waals surface area contributed by atoms with Crippen molar-refractivity contribution in [2.24, 2.45) is 0 Å². The van der Waals surface area contributed by atoms with Crippen LogP contribution in [0, 0.1) is 17.5 Å². The molecular formula is C11H10F3NO2. The molecule has 0 spiro atoms. The number of carboxylic acid groups (broad SMARTS) is 1. The number of hydrogen-bond acceptors (Lipinski definition) is 2. The van der Waals surface area contributed by atoms with Crippen molar-refractivity contribution in [1.82, 2.24) is 0 Å².